The zero-order valence-electron chi connectivity index (χ0n) is 10.6. The number of hydrogen-bond donors (Lipinski definition) is 1. The molecule has 0 aliphatic heterocycles. The maximum absolute atomic E-state index is 12.4. The lowest BCUT2D eigenvalue weighted by Crippen LogP contribution is -2.29. The summed E-state index contributed by atoms with van der Waals surface area (Å²) in [5, 5.41) is 1.88. The normalized spacial score (nSPS) is 12.2. The Morgan fingerprint density at radius 2 is 2.16 bits per heavy atom. The Hall–Kier alpha value is -1.15. The topological polar surface area (TPSA) is 76.5 Å². The molecule has 0 unspecified atom stereocenters. The Morgan fingerprint density at radius 3 is 2.68 bits per heavy atom. The molecule has 0 saturated carbocycles. The van der Waals surface area contributed by atoms with Crippen LogP contribution in [0.15, 0.2) is 39.2 Å². The third-order valence-corrected chi connectivity index (χ3v) is 5.35. The van der Waals surface area contributed by atoms with Crippen molar-refractivity contribution in [2.45, 2.75) is 25.1 Å². The molecule has 0 aliphatic carbocycles. The number of nitrogens with zero attached hydrogens (tertiary/aromatic N) is 1. The lowest BCUT2D eigenvalue weighted by molar-refractivity contribution is 0.373. The summed E-state index contributed by atoms with van der Waals surface area (Å²) in [4.78, 5) is 0.996. The van der Waals surface area contributed by atoms with Crippen LogP contribution >= 0.6 is 11.3 Å². The number of hydrogen-bond acceptors (Lipinski definition) is 5. The minimum atomic E-state index is -3.60. The predicted octanol–water partition coefficient (Wildman–Crippen LogP) is 2.01. The van der Waals surface area contributed by atoms with E-state index in [1.807, 2.05) is 17.5 Å². The van der Waals surface area contributed by atoms with E-state index in [0.29, 0.717) is 18.8 Å². The fourth-order valence-electron chi connectivity index (χ4n) is 1.68. The van der Waals surface area contributed by atoms with Crippen LogP contribution in [0.4, 0.5) is 0 Å². The highest BCUT2D eigenvalue weighted by molar-refractivity contribution is 7.89. The van der Waals surface area contributed by atoms with Gasteiger partial charge in [-0.15, -0.1) is 11.3 Å². The van der Waals surface area contributed by atoms with Gasteiger partial charge in [0.1, 0.15) is 5.76 Å². The van der Waals surface area contributed by atoms with Crippen LogP contribution < -0.4 is 5.73 Å². The minimum Gasteiger partial charge on any atom is -0.447 e. The van der Waals surface area contributed by atoms with Crippen molar-refractivity contribution in [3.63, 3.8) is 0 Å². The molecule has 2 aromatic heterocycles. The van der Waals surface area contributed by atoms with Gasteiger partial charge in [0.15, 0.2) is 0 Å². The van der Waals surface area contributed by atoms with Crippen molar-refractivity contribution >= 4 is 21.4 Å². The highest BCUT2D eigenvalue weighted by Crippen LogP contribution is 2.21. The summed E-state index contributed by atoms with van der Waals surface area (Å²) in [6, 6.07) is 6.86. The third-order valence-electron chi connectivity index (χ3n) is 2.70. The smallest absolute Gasteiger partial charge is 0.276 e. The summed E-state index contributed by atoms with van der Waals surface area (Å²) < 4.78 is 31.5. The zero-order valence-corrected chi connectivity index (χ0v) is 12.2. The van der Waals surface area contributed by atoms with E-state index in [-0.39, 0.29) is 11.6 Å². The SMILES string of the molecule is CCN(Cc1cccs1)S(=O)(=O)c1ccc(CN)o1. The first kappa shape index (κ1) is 14.3. The van der Waals surface area contributed by atoms with Gasteiger partial charge >= 0.3 is 0 Å². The quantitative estimate of drug-likeness (QED) is 0.885. The molecule has 2 heterocycles. The molecular formula is C12H16N2O3S2. The second-order valence-electron chi connectivity index (χ2n) is 3.94. The fraction of sp³-hybridized carbons (Fsp3) is 0.333. The summed E-state index contributed by atoms with van der Waals surface area (Å²) in [5.74, 6) is 0.464. The monoisotopic (exact) mass is 300 g/mol. The molecule has 2 N–H and O–H groups in total. The van der Waals surface area contributed by atoms with Gasteiger partial charge in [-0.05, 0) is 23.6 Å². The predicted molar refractivity (Wildman–Crippen MR) is 74.2 cm³/mol. The minimum absolute atomic E-state index is 0.0497. The first-order valence-electron chi connectivity index (χ1n) is 5.89. The molecule has 0 aromatic carbocycles. The van der Waals surface area contributed by atoms with Crippen LogP contribution in [0.3, 0.4) is 0 Å². The molecule has 0 bridgehead atoms. The van der Waals surface area contributed by atoms with Crippen molar-refractivity contribution in [2.24, 2.45) is 5.73 Å². The summed E-state index contributed by atoms with van der Waals surface area (Å²) in [6.45, 7) is 2.73. The first-order valence-corrected chi connectivity index (χ1v) is 8.21. The van der Waals surface area contributed by atoms with Crippen molar-refractivity contribution in [3.05, 3.63) is 40.3 Å². The second kappa shape index (κ2) is 5.87. The molecule has 0 fully saturated rings. The zero-order chi connectivity index (χ0) is 13.9. The highest BCUT2D eigenvalue weighted by Gasteiger charge is 2.26. The molecule has 2 aromatic rings. The van der Waals surface area contributed by atoms with E-state index >= 15 is 0 Å². The molecule has 0 saturated heterocycles. The third kappa shape index (κ3) is 3.06. The lowest BCUT2D eigenvalue weighted by atomic mass is 10.4. The molecule has 0 amide bonds. The Bertz CT molecular complexity index is 617. The summed E-state index contributed by atoms with van der Waals surface area (Å²) in [7, 11) is -3.60. The van der Waals surface area contributed by atoms with Gasteiger partial charge in [-0.3, -0.25) is 0 Å². The van der Waals surface area contributed by atoms with Gasteiger partial charge in [0.2, 0.25) is 5.09 Å². The van der Waals surface area contributed by atoms with Crippen LogP contribution in [0.1, 0.15) is 17.6 Å². The average molecular weight is 300 g/mol. The maximum atomic E-state index is 12.4. The molecule has 7 heteroatoms. The number of thiophene rings is 1. The van der Waals surface area contributed by atoms with E-state index in [4.69, 9.17) is 10.2 Å². The molecule has 2 rings (SSSR count). The molecule has 0 aliphatic rings. The van der Waals surface area contributed by atoms with E-state index in [9.17, 15) is 8.42 Å². The van der Waals surface area contributed by atoms with E-state index in [0.717, 1.165) is 4.88 Å². The van der Waals surface area contributed by atoms with E-state index in [1.54, 1.807) is 13.0 Å². The van der Waals surface area contributed by atoms with E-state index in [2.05, 4.69) is 0 Å². The molecule has 104 valence electrons. The van der Waals surface area contributed by atoms with Gasteiger partial charge in [-0.25, -0.2) is 8.42 Å². The van der Waals surface area contributed by atoms with Crippen molar-refractivity contribution in [3.8, 4) is 0 Å². The largest absolute Gasteiger partial charge is 0.447 e. The van der Waals surface area contributed by atoms with Gasteiger partial charge < -0.3 is 10.2 Å². The Kier molecular flexibility index (Phi) is 4.41. The Balaban J connectivity index is 2.25. The van der Waals surface area contributed by atoms with Crippen LogP contribution in [-0.4, -0.2) is 19.3 Å². The number of furan rings is 1. The molecule has 0 atom stereocenters. The van der Waals surface area contributed by atoms with Crippen LogP contribution in [-0.2, 0) is 23.1 Å². The maximum Gasteiger partial charge on any atom is 0.276 e. The molecule has 5 nitrogen and oxygen atoms in total. The standard InChI is InChI=1S/C12H16N2O3S2/c1-2-14(9-11-4-3-7-18-11)19(15,16)12-6-5-10(8-13)17-12/h3-7H,2,8-9,13H2,1H3. The summed E-state index contributed by atoms with van der Waals surface area (Å²) in [5.41, 5.74) is 5.42. The van der Waals surface area contributed by atoms with Gasteiger partial charge in [-0.2, -0.15) is 4.31 Å². The van der Waals surface area contributed by atoms with Crippen molar-refractivity contribution in [1.29, 1.82) is 0 Å². The molecular weight excluding hydrogens is 284 g/mol. The number of nitrogens with two attached hydrogens (primary N) is 1. The average Bonchev–Trinajstić information content (AvgIpc) is 3.06. The summed E-state index contributed by atoms with van der Waals surface area (Å²) >= 11 is 1.53. The molecule has 0 spiro atoms. The fourth-order valence-corrected chi connectivity index (χ4v) is 3.83. The van der Waals surface area contributed by atoms with Gasteiger partial charge in [0, 0.05) is 18.0 Å². The Labute approximate surface area is 116 Å². The lowest BCUT2D eigenvalue weighted by Gasteiger charge is -2.17. The number of rotatable bonds is 6. The molecule has 0 radical (unpaired) electrons. The molecule has 19 heavy (non-hydrogen) atoms. The highest BCUT2D eigenvalue weighted by atomic mass is 32.2. The van der Waals surface area contributed by atoms with Crippen molar-refractivity contribution < 1.29 is 12.8 Å². The van der Waals surface area contributed by atoms with Gasteiger partial charge in [-0.1, -0.05) is 13.0 Å². The van der Waals surface area contributed by atoms with Crippen molar-refractivity contribution in [1.82, 2.24) is 4.31 Å². The first-order chi connectivity index (χ1) is 9.07. The van der Waals surface area contributed by atoms with Gasteiger partial charge in [0.25, 0.3) is 10.0 Å². The van der Waals surface area contributed by atoms with Crippen LogP contribution in [0.5, 0.6) is 0 Å². The second-order valence-corrected chi connectivity index (χ2v) is 6.84. The van der Waals surface area contributed by atoms with Crippen molar-refractivity contribution in [2.75, 3.05) is 6.54 Å². The van der Waals surface area contributed by atoms with E-state index in [1.165, 1.54) is 21.7 Å². The number of sulfonamides is 1. The van der Waals surface area contributed by atoms with Crippen LogP contribution in [0.25, 0.3) is 0 Å². The van der Waals surface area contributed by atoms with E-state index < -0.39 is 10.0 Å². The van der Waals surface area contributed by atoms with Gasteiger partial charge in [0.05, 0.1) is 6.54 Å². The van der Waals surface area contributed by atoms with Crippen LogP contribution in [0.2, 0.25) is 0 Å². The van der Waals surface area contributed by atoms with Crippen LogP contribution in [0, 0.1) is 0 Å². The Morgan fingerprint density at radius 1 is 1.37 bits per heavy atom. The summed E-state index contributed by atoms with van der Waals surface area (Å²) in [6.07, 6.45) is 0.